The fourth-order valence-electron chi connectivity index (χ4n) is 1.23. The molecule has 0 radical (unpaired) electrons. The monoisotopic (exact) mass is 192 g/mol. The zero-order valence-corrected chi connectivity index (χ0v) is 9.09. The number of aromatic nitrogens is 1. The van der Waals surface area contributed by atoms with Gasteiger partial charge in [-0.2, -0.15) is 0 Å². The predicted octanol–water partition coefficient (Wildman–Crippen LogP) is 1.73. The Bertz CT molecular complexity index is 361. The van der Waals surface area contributed by atoms with Crippen molar-refractivity contribution in [3.05, 3.63) is 29.1 Å². The highest BCUT2D eigenvalue weighted by Gasteiger charge is 2.00. The minimum atomic E-state index is -0.00310. The Morgan fingerprint density at radius 2 is 2.07 bits per heavy atom. The Balaban J connectivity index is 2.78. The van der Waals surface area contributed by atoms with Gasteiger partial charge in [0.05, 0.1) is 0 Å². The highest BCUT2D eigenvalue weighted by atomic mass is 16.2. The van der Waals surface area contributed by atoms with Gasteiger partial charge in [-0.3, -0.25) is 4.79 Å². The van der Waals surface area contributed by atoms with E-state index in [1.165, 1.54) is 0 Å². The topological polar surface area (TPSA) is 36.1 Å². The average Bonchev–Trinajstić information content (AvgIpc) is 2.40. The van der Waals surface area contributed by atoms with E-state index in [1.807, 2.05) is 19.9 Å². The third kappa shape index (κ3) is 2.49. The standard InChI is InChI=1S/C11H16N2O/c1-8-7-9(2)12-10(8)5-6-11(14)13(3)4/h5-7,12H,1-4H3. The molecule has 1 rings (SSSR count). The molecule has 1 heterocycles. The Morgan fingerprint density at radius 1 is 1.43 bits per heavy atom. The number of rotatable bonds is 2. The molecule has 0 saturated heterocycles. The van der Waals surface area contributed by atoms with Crippen LogP contribution in [0, 0.1) is 13.8 Å². The van der Waals surface area contributed by atoms with Crippen molar-refractivity contribution >= 4 is 12.0 Å². The number of hydrogen-bond acceptors (Lipinski definition) is 1. The van der Waals surface area contributed by atoms with Crippen molar-refractivity contribution in [3.8, 4) is 0 Å². The molecule has 0 aliphatic heterocycles. The molecule has 76 valence electrons. The number of nitrogens with one attached hydrogen (secondary N) is 1. The molecule has 0 atom stereocenters. The maximum atomic E-state index is 11.3. The molecule has 1 aromatic rings. The summed E-state index contributed by atoms with van der Waals surface area (Å²) in [5.74, 6) is -0.00310. The summed E-state index contributed by atoms with van der Waals surface area (Å²) in [6, 6.07) is 2.06. The summed E-state index contributed by atoms with van der Waals surface area (Å²) in [5.41, 5.74) is 3.27. The van der Waals surface area contributed by atoms with Crippen LogP contribution in [0.3, 0.4) is 0 Å². The largest absolute Gasteiger partial charge is 0.359 e. The SMILES string of the molecule is Cc1cc(C)c(C=CC(=O)N(C)C)[nH]1. The zero-order chi connectivity index (χ0) is 10.7. The maximum Gasteiger partial charge on any atom is 0.246 e. The number of aryl methyl sites for hydroxylation is 2. The Kier molecular flexibility index (Phi) is 3.12. The van der Waals surface area contributed by atoms with Crippen LogP contribution in [0.1, 0.15) is 17.0 Å². The molecule has 1 aromatic heterocycles. The van der Waals surface area contributed by atoms with E-state index in [0.717, 1.165) is 17.0 Å². The van der Waals surface area contributed by atoms with E-state index in [9.17, 15) is 4.79 Å². The van der Waals surface area contributed by atoms with Gasteiger partial charge in [0.25, 0.3) is 0 Å². The van der Waals surface area contributed by atoms with Gasteiger partial charge in [-0.25, -0.2) is 0 Å². The summed E-state index contributed by atoms with van der Waals surface area (Å²) >= 11 is 0. The van der Waals surface area contributed by atoms with E-state index in [1.54, 1.807) is 25.1 Å². The number of aromatic amines is 1. The molecule has 14 heavy (non-hydrogen) atoms. The molecule has 0 saturated carbocycles. The fourth-order valence-corrected chi connectivity index (χ4v) is 1.23. The second-order valence-corrected chi connectivity index (χ2v) is 3.62. The number of nitrogens with zero attached hydrogens (tertiary/aromatic N) is 1. The van der Waals surface area contributed by atoms with E-state index in [-0.39, 0.29) is 5.91 Å². The summed E-state index contributed by atoms with van der Waals surface area (Å²) in [5, 5.41) is 0. The van der Waals surface area contributed by atoms with Crippen molar-refractivity contribution in [2.75, 3.05) is 14.1 Å². The van der Waals surface area contributed by atoms with Crippen LogP contribution >= 0.6 is 0 Å². The number of carbonyl (C=O) groups excluding carboxylic acids is 1. The minimum absolute atomic E-state index is 0.00310. The second-order valence-electron chi connectivity index (χ2n) is 3.62. The summed E-state index contributed by atoms with van der Waals surface area (Å²) in [6.07, 6.45) is 3.38. The van der Waals surface area contributed by atoms with Crippen LogP contribution in [0.2, 0.25) is 0 Å². The molecule has 3 nitrogen and oxygen atoms in total. The molecular weight excluding hydrogens is 176 g/mol. The van der Waals surface area contributed by atoms with Gasteiger partial charge in [0.15, 0.2) is 0 Å². The number of amides is 1. The van der Waals surface area contributed by atoms with Crippen LogP contribution in [0.25, 0.3) is 6.08 Å². The zero-order valence-electron chi connectivity index (χ0n) is 9.09. The molecule has 0 aliphatic carbocycles. The third-order valence-electron chi connectivity index (χ3n) is 2.02. The van der Waals surface area contributed by atoms with Gasteiger partial charge in [-0.15, -0.1) is 0 Å². The van der Waals surface area contributed by atoms with E-state index in [2.05, 4.69) is 11.1 Å². The fraction of sp³-hybridized carbons (Fsp3) is 0.364. The normalized spacial score (nSPS) is 10.9. The lowest BCUT2D eigenvalue weighted by atomic mass is 10.2. The van der Waals surface area contributed by atoms with Crippen LogP contribution in [0.4, 0.5) is 0 Å². The molecule has 0 spiro atoms. The van der Waals surface area contributed by atoms with Crippen LogP contribution in [-0.2, 0) is 4.79 Å². The van der Waals surface area contributed by atoms with E-state index >= 15 is 0 Å². The van der Waals surface area contributed by atoms with Crippen molar-refractivity contribution in [1.29, 1.82) is 0 Å². The summed E-state index contributed by atoms with van der Waals surface area (Å²) in [7, 11) is 3.47. The van der Waals surface area contributed by atoms with E-state index < -0.39 is 0 Å². The molecule has 0 unspecified atom stereocenters. The van der Waals surface area contributed by atoms with Gasteiger partial charge < -0.3 is 9.88 Å². The van der Waals surface area contributed by atoms with Gasteiger partial charge in [0.1, 0.15) is 0 Å². The summed E-state index contributed by atoms with van der Waals surface area (Å²) < 4.78 is 0. The van der Waals surface area contributed by atoms with Gasteiger partial charge in [0.2, 0.25) is 5.91 Å². The average molecular weight is 192 g/mol. The Hall–Kier alpha value is -1.51. The predicted molar refractivity (Wildman–Crippen MR) is 58.0 cm³/mol. The first-order valence-electron chi connectivity index (χ1n) is 4.56. The van der Waals surface area contributed by atoms with Crippen molar-refractivity contribution in [2.24, 2.45) is 0 Å². The van der Waals surface area contributed by atoms with Crippen molar-refractivity contribution < 1.29 is 4.79 Å². The summed E-state index contributed by atoms with van der Waals surface area (Å²) in [4.78, 5) is 16.0. The number of H-pyrrole nitrogens is 1. The number of carbonyl (C=O) groups is 1. The molecule has 0 bridgehead atoms. The Labute approximate surface area is 84.4 Å². The van der Waals surface area contributed by atoms with Crippen LogP contribution in [-0.4, -0.2) is 29.9 Å². The molecule has 0 aromatic carbocycles. The van der Waals surface area contributed by atoms with Gasteiger partial charge in [-0.05, 0) is 31.6 Å². The first kappa shape index (κ1) is 10.6. The van der Waals surface area contributed by atoms with Gasteiger partial charge in [0, 0.05) is 31.6 Å². The first-order valence-corrected chi connectivity index (χ1v) is 4.56. The first-order chi connectivity index (χ1) is 6.50. The van der Waals surface area contributed by atoms with Gasteiger partial charge >= 0.3 is 0 Å². The Morgan fingerprint density at radius 3 is 2.50 bits per heavy atom. The summed E-state index contributed by atoms with van der Waals surface area (Å²) in [6.45, 7) is 4.02. The minimum Gasteiger partial charge on any atom is -0.359 e. The van der Waals surface area contributed by atoms with Crippen LogP contribution in [0.15, 0.2) is 12.1 Å². The van der Waals surface area contributed by atoms with E-state index in [0.29, 0.717) is 0 Å². The highest BCUT2D eigenvalue weighted by Crippen LogP contribution is 2.10. The van der Waals surface area contributed by atoms with Crippen LogP contribution < -0.4 is 0 Å². The molecule has 3 heteroatoms. The quantitative estimate of drug-likeness (QED) is 0.712. The lowest BCUT2D eigenvalue weighted by Gasteiger charge is -2.04. The maximum absolute atomic E-state index is 11.3. The van der Waals surface area contributed by atoms with Crippen LogP contribution in [0.5, 0.6) is 0 Å². The van der Waals surface area contributed by atoms with Crippen molar-refractivity contribution in [1.82, 2.24) is 9.88 Å². The number of likely N-dealkylation sites (N-methyl/N-ethyl adjacent to an activating group) is 1. The molecule has 0 aliphatic rings. The highest BCUT2D eigenvalue weighted by molar-refractivity contribution is 5.91. The smallest absolute Gasteiger partial charge is 0.246 e. The molecular formula is C11H16N2O. The van der Waals surface area contributed by atoms with Crippen molar-refractivity contribution in [3.63, 3.8) is 0 Å². The lowest BCUT2D eigenvalue weighted by molar-refractivity contribution is -0.123. The molecule has 0 fully saturated rings. The third-order valence-corrected chi connectivity index (χ3v) is 2.02. The second kappa shape index (κ2) is 4.13. The van der Waals surface area contributed by atoms with E-state index in [4.69, 9.17) is 0 Å². The van der Waals surface area contributed by atoms with Gasteiger partial charge in [-0.1, -0.05) is 0 Å². The lowest BCUT2D eigenvalue weighted by Crippen LogP contribution is -2.18. The van der Waals surface area contributed by atoms with Crippen molar-refractivity contribution in [2.45, 2.75) is 13.8 Å². The molecule has 1 amide bonds. The number of hydrogen-bond donors (Lipinski definition) is 1. The molecule has 1 N–H and O–H groups in total.